The summed E-state index contributed by atoms with van der Waals surface area (Å²) in [5.74, 6) is -0.0289. The van der Waals surface area contributed by atoms with Gasteiger partial charge in [0.1, 0.15) is 6.33 Å². The van der Waals surface area contributed by atoms with Crippen LogP contribution in [0.15, 0.2) is 30.6 Å². The number of halogens is 1. The summed E-state index contributed by atoms with van der Waals surface area (Å²) >= 11 is 0. The fourth-order valence-electron chi connectivity index (χ4n) is 5.30. The third-order valence-electron chi connectivity index (χ3n) is 8.34. The first kappa shape index (κ1) is 26.0. The first-order valence-corrected chi connectivity index (χ1v) is 15.6. The molecule has 6 nitrogen and oxygen atoms in total. The van der Waals surface area contributed by atoms with E-state index in [2.05, 4.69) is 86.5 Å². The third-order valence-corrected chi connectivity index (χ3v) is 12.8. The second kappa shape index (κ2) is 9.45. The number of nitrogens with one attached hydrogen (secondary N) is 2. The molecule has 0 aliphatic heterocycles. The van der Waals surface area contributed by atoms with Crippen molar-refractivity contribution in [2.45, 2.75) is 95.6 Å². The van der Waals surface area contributed by atoms with Gasteiger partial charge in [0.25, 0.3) is 0 Å². The number of nitrogens with zero attached hydrogens (tertiary/aromatic N) is 2. The highest BCUT2D eigenvalue weighted by Gasteiger charge is 2.44. The summed E-state index contributed by atoms with van der Waals surface area (Å²) in [5.41, 5.74) is 2.50. The average Bonchev–Trinajstić information content (AvgIpc) is 3.27. The second-order valence-corrected chi connectivity index (χ2v) is 17.2. The van der Waals surface area contributed by atoms with Crippen LogP contribution in [0.3, 0.4) is 0 Å². The van der Waals surface area contributed by atoms with Crippen molar-refractivity contribution in [2.24, 2.45) is 5.92 Å². The maximum absolute atomic E-state index is 15.5. The average molecular weight is 501 g/mol. The first-order valence-electron chi connectivity index (χ1n) is 12.7. The summed E-state index contributed by atoms with van der Waals surface area (Å²) in [7, 11) is -1.98. The summed E-state index contributed by atoms with van der Waals surface area (Å²) in [5, 5.41) is 16.7. The number of fused-ring (bicyclic) bond motifs is 1. The molecule has 2 aliphatic rings. The van der Waals surface area contributed by atoms with Crippen molar-refractivity contribution in [1.29, 1.82) is 0 Å². The van der Waals surface area contributed by atoms with E-state index in [1.807, 2.05) is 6.07 Å². The van der Waals surface area contributed by atoms with Crippen molar-refractivity contribution in [3.8, 4) is 0 Å². The van der Waals surface area contributed by atoms with Gasteiger partial charge in [-0.15, -0.1) is 0 Å². The molecule has 1 saturated carbocycles. The Hall–Kier alpha value is -2.03. The van der Waals surface area contributed by atoms with Gasteiger partial charge in [0.05, 0.1) is 12.1 Å². The van der Waals surface area contributed by atoms with Crippen molar-refractivity contribution in [2.75, 3.05) is 17.2 Å². The minimum absolute atomic E-state index is 0.00827. The number of hydrogen-bond acceptors (Lipinski definition) is 6. The largest absolute Gasteiger partial charge is 0.413 e. The maximum Gasteiger partial charge on any atom is 0.207 e. The topological polar surface area (TPSA) is 79.3 Å². The minimum Gasteiger partial charge on any atom is -0.413 e. The molecular weight excluding hydrogens is 459 g/mol. The summed E-state index contributed by atoms with van der Waals surface area (Å²) < 4.78 is 22.2. The zero-order valence-electron chi connectivity index (χ0n) is 22.2. The van der Waals surface area contributed by atoms with Gasteiger partial charge in [-0.25, -0.2) is 9.97 Å². The molecule has 1 heterocycles. The number of anilines is 2. The van der Waals surface area contributed by atoms with Crippen LogP contribution < -0.4 is 10.6 Å². The van der Waals surface area contributed by atoms with Crippen molar-refractivity contribution < 1.29 is 13.9 Å². The Kier molecular flexibility index (Phi) is 7.03. The van der Waals surface area contributed by atoms with Gasteiger partial charge in [-0.3, -0.25) is 0 Å². The van der Waals surface area contributed by atoms with Crippen LogP contribution >= 0.6 is 0 Å². The SMILES string of the molecule is CC1(C)C[C@H](Nc2ncnc(N[C@@H]3C[C@@H](CO)[C@H](O[Si](C)(C)C(C)(C)C)C3)c2F)c2ccccc21. The molecule has 8 heteroatoms. The molecule has 0 spiro atoms. The van der Waals surface area contributed by atoms with Gasteiger partial charge >= 0.3 is 0 Å². The van der Waals surface area contributed by atoms with E-state index in [1.165, 1.54) is 17.5 Å². The molecule has 0 bridgehead atoms. The molecule has 192 valence electrons. The van der Waals surface area contributed by atoms with Gasteiger partial charge in [0, 0.05) is 18.6 Å². The lowest BCUT2D eigenvalue weighted by atomic mass is 9.86. The van der Waals surface area contributed by atoms with Gasteiger partial charge in [-0.2, -0.15) is 4.39 Å². The summed E-state index contributed by atoms with van der Waals surface area (Å²) in [4.78, 5) is 8.43. The Morgan fingerprint density at radius 3 is 2.43 bits per heavy atom. The summed E-state index contributed by atoms with van der Waals surface area (Å²) in [6.45, 7) is 15.6. The van der Waals surface area contributed by atoms with E-state index in [0.717, 1.165) is 6.42 Å². The van der Waals surface area contributed by atoms with Gasteiger partial charge < -0.3 is 20.2 Å². The second-order valence-electron chi connectivity index (χ2n) is 12.4. The molecule has 0 amide bonds. The summed E-state index contributed by atoms with van der Waals surface area (Å²) in [6, 6.07) is 8.31. The summed E-state index contributed by atoms with van der Waals surface area (Å²) in [6.07, 6.45) is 3.66. The number of aliphatic hydroxyl groups is 1. The molecule has 2 aliphatic carbocycles. The zero-order chi connectivity index (χ0) is 25.6. The Balaban J connectivity index is 1.47. The lowest BCUT2D eigenvalue weighted by Crippen LogP contribution is -2.45. The van der Waals surface area contributed by atoms with Gasteiger partial charge in [-0.05, 0) is 53.9 Å². The number of aliphatic hydroxyl groups excluding tert-OH is 1. The highest BCUT2D eigenvalue weighted by atomic mass is 28.4. The lowest BCUT2D eigenvalue weighted by molar-refractivity contribution is 0.0980. The molecule has 4 atom stereocenters. The first-order chi connectivity index (χ1) is 16.3. The number of hydrogen-bond donors (Lipinski definition) is 3. The van der Waals surface area contributed by atoms with Crippen molar-refractivity contribution in [3.63, 3.8) is 0 Å². The van der Waals surface area contributed by atoms with Crippen molar-refractivity contribution in [3.05, 3.63) is 47.5 Å². The number of rotatable bonds is 7. The molecule has 35 heavy (non-hydrogen) atoms. The molecule has 2 aromatic rings. The monoisotopic (exact) mass is 500 g/mol. The van der Waals surface area contributed by atoms with E-state index >= 15 is 4.39 Å². The normalized spacial score (nSPS) is 26.0. The van der Waals surface area contributed by atoms with Crippen LogP contribution in [-0.4, -0.2) is 42.1 Å². The number of aromatic nitrogens is 2. The van der Waals surface area contributed by atoms with Crippen LogP contribution in [0.4, 0.5) is 16.0 Å². The van der Waals surface area contributed by atoms with Gasteiger partial charge in [-0.1, -0.05) is 58.9 Å². The Bertz CT molecular complexity index is 1060. The zero-order valence-corrected chi connectivity index (χ0v) is 23.2. The van der Waals surface area contributed by atoms with E-state index < -0.39 is 14.1 Å². The quantitative estimate of drug-likeness (QED) is 0.403. The minimum atomic E-state index is -1.98. The molecule has 1 aromatic carbocycles. The van der Waals surface area contributed by atoms with E-state index in [9.17, 15) is 5.11 Å². The van der Waals surface area contributed by atoms with E-state index in [4.69, 9.17) is 4.43 Å². The fraction of sp³-hybridized carbons (Fsp3) is 0.630. The Morgan fingerprint density at radius 1 is 1.11 bits per heavy atom. The number of benzene rings is 1. The molecule has 0 saturated heterocycles. The molecular formula is C27H41FN4O2Si. The fourth-order valence-corrected chi connectivity index (χ4v) is 6.70. The third kappa shape index (κ3) is 5.25. The molecule has 3 N–H and O–H groups in total. The van der Waals surface area contributed by atoms with Crippen LogP contribution in [0.2, 0.25) is 18.1 Å². The van der Waals surface area contributed by atoms with Crippen LogP contribution in [0.1, 0.15) is 71.0 Å². The van der Waals surface area contributed by atoms with E-state index in [0.29, 0.717) is 12.8 Å². The predicted octanol–water partition coefficient (Wildman–Crippen LogP) is 6.02. The Morgan fingerprint density at radius 2 is 1.77 bits per heavy atom. The lowest BCUT2D eigenvalue weighted by Gasteiger charge is -2.39. The molecule has 1 aromatic heterocycles. The maximum atomic E-state index is 15.5. The van der Waals surface area contributed by atoms with Crippen molar-refractivity contribution in [1.82, 2.24) is 9.97 Å². The van der Waals surface area contributed by atoms with Crippen LogP contribution in [0.25, 0.3) is 0 Å². The van der Waals surface area contributed by atoms with E-state index in [1.54, 1.807) is 0 Å². The van der Waals surface area contributed by atoms with Crippen LogP contribution in [0, 0.1) is 11.7 Å². The molecule has 4 rings (SSSR count). The highest BCUT2D eigenvalue weighted by molar-refractivity contribution is 6.74. The smallest absolute Gasteiger partial charge is 0.207 e. The van der Waals surface area contributed by atoms with Crippen LogP contribution in [-0.2, 0) is 9.84 Å². The predicted molar refractivity (Wildman–Crippen MR) is 142 cm³/mol. The molecule has 0 radical (unpaired) electrons. The molecule has 1 fully saturated rings. The van der Waals surface area contributed by atoms with E-state index in [-0.39, 0.29) is 52.8 Å². The Labute approximate surface area is 210 Å². The molecule has 0 unspecified atom stereocenters. The standard InChI is InChI=1S/C27H41FN4O2Si/c1-26(2,3)35(6,7)34-22-13-18(12-17(22)15-33)31-24-23(28)25(30-16-29-24)32-21-14-27(4,5)20-11-9-8-10-19(20)21/h8-11,16-18,21-22,33H,12-15H2,1-7H3,(H2,29,30,31,32)/t17-,18+,21-,22+/m0/s1. The van der Waals surface area contributed by atoms with Crippen LogP contribution in [0.5, 0.6) is 0 Å². The van der Waals surface area contributed by atoms with Crippen molar-refractivity contribution >= 4 is 20.0 Å². The van der Waals surface area contributed by atoms with Gasteiger partial charge in [0.15, 0.2) is 20.0 Å². The van der Waals surface area contributed by atoms with Gasteiger partial charge in [0.2, 0.25) is 5.82 Å². The highest BCUT2D eigenvalue weighted by Crippen LogP contribution is 2.46.